The minimum absolute atomic E-state index is 0.167. The lowest BCUT2D eigenvalue weighted by molar-refractivity contribution is -0.205. The standard InChI is InChI=1S/C31H26F3N5O3/c32-31(33,34)28(20-6-2-1-3-7-20)42-30(40)38-21-12-10-19(11-13-21)27-26(35)24-15-14-23(41-29-36-16-5-17-37-29)18-25(24)39(27)22-8-4-9-22/h1-3,5-7,10-18,22,28H,4,8-9,35H2,(H,38,40). The molecule has 1 fully saturated rings. The number of nitrogen functional groups attached to an aromatic ring is 1. The van der Waals surface area contributed by atoms with Crippen LogP contribution < -0.4 is 15.8 Å². The Hall–Kier alpha value is -5.06. The first kappa shape index (κ1) is 27.1. The number of carbonyl (C=O) groups is 1. The number of nitrogens with one attached hydrogen (secondary N) is 1. The number of fused-ring (bicyclic) bond motifs is 1. The predicted molar refractivity (Wildman–Crippen MR) is 152 cm³/mol. The second kappa shape index (κ2) is 11.1. The molecule has 0 spiro atoms. The third kappa shape index (κ3) is 5.45. The normalized spacial score (nSPS) is 14.3. The molecule has 1 aliphatic carbocycles. The molecule has 214 valence electrons. The first-order valence-corrected chi connectivity index (χ1v) is 13.4. The van der Waals surface area contributed by atoms with Crippen molar-refractivity contribution in [2.75, 3.05) is 11.1 Å². The van der Waals surface area contributed by atoms with Crippen LogP contribution in [0.25, 0.3) is 22.2 Å². The lowest BCUT2D eigenvalue weighted by Crippen LogP contribution is -2.28. The van der Waals surface area contributed by atoms with Gasteiger partial charge in [0.15, 0.2) is 0 Å². The topological polar surface area (TPSA) is 104 Å². The van der Waals surface area contributed by atoms with Crippen molar-refractivity contribution >= 4 is 28.4 Å². The van der Waals surface area contributed by atoms with Gasteiger partial charge >= 0.3 is 18.3 Å². The molecule has 2 heterocycles. The number of amides is 1. The fourth-order valence-corrected chi connectivity index (χ4v) is 5.06. The van der Waals surface area contributed by atoms with Gasteiger partial charge in [-0.3, -0.25) is 5.32 Å². The van der Waals surface area contributed by atoms with Crippen molar-refractivity contribution < 1.29 is 27.4 Å². The molecular formula is C31H26F3N5O3. The highest BCUT2D eigenvalue weighted by Gasteiger charge is 2.44. The van der Waals surface area contributed by atoms with E-state index in [0.717, 1.165) is 41.4 Å². The summed E-state index contributed by atoms with van der Waals surface area (Å²) in [5, 5.41) is 3.26. The number of rotatable bonds is 7. The van der Waals surface area contributed by atoms with Crippen LogP contribution in [0.4, 0.5) is 29.3 Å². The molecule has 1 saturated carbocycles. The summed E-state index contributed by atoms with van der Waals surface area (Å²) in [7, 11) is 0. The second-order valence-electron chi connectivity index (χ2n) is 9.97. The van der Waals surface area contributed by atoms with Crippen molar-refractivity contribution in [2.24, 2.45) is 0 Å². The number of carbonyl (C=O) groups excluding carboxylic acids is 1. The van der Waals surface area contributed by atoms with Crippen molar-refractivity contribution in [3.8, 4) is 23.0 Å². The first-order chi connectivity index (χ1) is 20.3. The Labute approximate surface area is 238 Å². The van der Waals surface area contributed by atoms with Crippen LogP contribution in [0, 0.1) is 0 Å². The summed E-state index contributed by atoms with van der Waals surface area (Å²) in [4.78, 5) is 20.7. The number of benzene rings is 3. The van der Waals surface area contributed by atoms with E-state index in [1.165, 1.54) is 24.3 Å². The van der Waals surface area contributed by atoms with E-state index in [9.17, 15) is 18.0 Å². The van der Waals surface area contributed by atoms with Gasteiger partial charge in [-0.25, -0.2) is 14.8 Å². The lowest BCUT2D eigenvalue weighted by atomic mass is 9.92. The van der Waals surface area contributed by atoms with Gasteiger partial charge in [0, 0.05) is 46.7 Å². The summed E-state index contributed by atoms with van der Waals surface area (Å²) in [5.41, 5.74) is 9.90. The molecule has 0 bridgehead atoms. The van der Waals surface area contributed by atoms with Gasteiger partial charge in [-0.2, -0.15) is 13.2 Å². The summed E-state index contributed by atoms with van der Waals surface area (Å²) in [6.45, 7) is 0. The third-order valence-electron chi connectivity index (χ3n) is 7.24. The quantitative estimate of drug-likeness (QED) is 0.204. The fourth-order valence-electron chi connectivity index (χ4n) is 5.06. The summed E-state index contributed by atoms with van der Waals surface area (Å²) in [5.74, 6) is 0.573. The Balaban J connectivity index is 1.26. The van der Waals surface area contributed by atoms with Gasteiger partial charge in [-0.05, 0) is 49.6 Å². The van der Waals surface area contributed by atoms with E-state index in [-0.39, 0.29) is 23.3 Å². The van der Waals surface area contributed by atoms with Gasteiger partial charge in [-0.15, -0.1) is 0 Å². The van der Waals surface area contributed by atoms with Gasteiger partial charge in [0.05, 0.1) is 16.9 Å². The number of halogens is 3. The average molecular weight is 574 g/mol. The molecule has 3 N–H and O–H groups in total. The van der Waals surface area contributed by atoms with Gasteiger partial charge in [0.1, 0.15) is 5.75 Å². The zero-order valence-corrected chi connectivity index (χ0v) is 22.2. The molecule has 0 aliphatic heterocycles. The molecule has 1 amide bonds. The SMILES string of the molecule is Nc1c(-c2ccc(NC(=O)OC(c3ccccc3)C(F)(F)F)cc2)n(C2CCC2)c2cc(Oc3ncccn3)ccc12. The monoisotopic (exact) mass is 573 g/mol. The van der Waals surface area contributed by atoms with Gasteiger partial charge in [0.2, 0.25) is 6.10 Å². The van der Waals surface area contributed by atoms with Crippen LogP contribution in [-0.4, -0.2) is 26.8 Å². The highest BCUT2D eigenvalue weighted by atomic mass is 19.4. The largest absolute Gasteiger partial charge is 0.431 e. The molecule has 0 radical (unpaired) electrons. The Kier molecular flexibility index (Phi) is 7.15. The van der Waals surface area contributed by atoms with E-state index in [1.54, 1.807) is 48.8 Å². The molecule has 11 heteroatoms. The molecule has 6 rings (SSSR count). The summed E-state index contributed by atoms with van der Waals surface area (Å²) >= 11 is 0. The summed E-state index contributed by atoms with van der Waals surface area (Å²) in [6.07, 6.45) is -2.08. The van der Waals surface area contributed by atoms with Crippen LogP contribution in [0.5, 0.6) is 11.8 Å². The summed E-state index contributed by atoms with van der Waals surface area (Å²) < 4.78 is 53.7. The molecule has 3 aromatic carbocycles. The Morgan fingerprint density at radius 1 is 0.976 bits per heavy atom. The van der Waals surface area contributed by atoms with E-state index < -0.39 is 18.4 Å². The van der Waals surface area contributed by atoms with Crippen LogP contribution >= 0.6 is 0 Å². The lowest BCUT2D eigenvalue weighted by Gasteiger charge is -2.30. The van der Waals surface area contributed by atoms with Crippen LogP contribution in [0.3, 0.4) is 0 Å². The molecule has 0 saturated heterocycles. The minimum atomic E-state index is -4.77. The van der Waals surface area contributed by atoms with E-state index in [1.807, 2.05) is 18.2 Å². The maximum Gasteiger partial charge on any atom is 0.429 e. The number of alkyl halides is 3. The molecule has 8 nitrogen and oxygen atoms in total. The predicted octanol–water partition coefficient (Wildman–Crippen LogP) is 8.05. The van der Waals surface area contributed by atoms with Gasteiger partial charge < -0.3 is 19.8 Å². The summed E-state index contributed by atoms with van der Waals surface area (Å²) in [6, 6.07) is 21.6. The highest BCUT2D eigenvalue weighted by Crippen LogP contribution is 2.45. The van der Waals surface area contributed by atoms with Crippen LogP contribution in [-0.2, 0) is 4.74 Å². The number of hydrogen-bond acceptors (Lipinski definition) is 6. The number of aromatic nitrogens is 3. The fraction of sp³-hybridized carbons (Fsp3) is 0.194. The molecule has 2 aromatic heterocycles. The van der Waals surface area contributed by atoms with E-state index >= 15 is 0 Å². The second-order valence-corrected chi connectivity index (χ2v) is 9.97. The van der Waals surface area contributed by atoms with Gasteiger partial charge in [0.25, 0.3) is 0 Å². The van der Waals surface area contributed by atoms with Crippen LogP contribution in [0.1, 0.15) is 37.0 Å². The number of nitrogens with two attached hydrogens (primary N) is 1. The smallest absolute Gasteiger partial charge is 0.429 e. The minimum Gasteiger partial charge on any atom is -0.431 e. The number of anilines is 2. The van der Waals surface area contributed by atoms with Crippen molar-refractivity contribution in [3.05, 3.63) is 96.8 Å². The number of nitrogens with zero attached hydrogens (tertiary/aromatic N) is 3. The maximum atomic E-state index is 13.6. The Morgan fingerprint density at radius 3 is 2.33 bits per heavy atom. The molecule has 1 atom stereocenters. The van der Waals surface area contributed by atoms with Crippen molar-refractivity contribution in [1.82, 2.24) is 14.5 Å². The van der Waals surface area contributed by atoms with Crippen molar-refractivity contribution in [1.29, 1.82) is 0 Å². The molecular weight excluding hydrogens is 547 g/mol. The maximum absolute atomic E-state index is 13.6. The van der Waals surface area contributed by atoms with E-state index in [4.69, 9.17) is 15.2 Å². The third-order valence-corrected chi connectivity index (χ3v) is 7.24. The van der Waals surface area contributed by atoms with Crippen molar-refractivity contribution in [3.63, 3.8) is 0 Å². The van der Waals surface area contributed by atoms with Crippen molar-refractivity contribution in [2.45, 2.75) is 37.6 Å². The zero-order valence-electron chi connectivity index (χ0n) is 22.2. The van der Waals surface area contributed by atoms with Crippen LogP contribution in [0.2, 0.25) is 0 Å². The molecule has 1 aliphatic rings. The Morgan fingerprint density at radius 2 is 1.69 bits per heavy atom. The molecule has 42 heavy (non-hydrogen) atoms. The molecule has 1 unspecified atom stereocenters. The first-order valence-electron chi connectivity index (χ1n) is 13.4. The zero-order chi connectivity index (χ0) is 29.3. The van der Waals surface area contributed by atoms with Crippen LogP contribution in [0.15, 0.2) is 91.3 Å². The van der Waals surface area contributed by atoms with Gasteiger partial charge in [-0.1, -0.05) is 42.5 Å². The highest BCUT2D eigenvalue weighted by molar-refractivity contribution is 6.01. The Bertz CT molecular complexity index is 1700. The van der Waals surface area contributed by atoms with E-state index in [2.05, 4.69) is 19.9 Å². The van der Waals surface area contributed by atoms with E-state index in [0.29, 0.717) is 11.4 Å². The number of ether oxygens (including phenoxy) is 2. The number of hydrogen-bond donors (Lipinski definition) is 2. The molecule has 5 aromatic rings. The average Bonchev–Trinajstić information content (AvgIpc) is 3.22.